The molecule has 2 N–H and O–H groups in total. The number of hydroxylamine groups is 2. The molecule has 0 aliphatic heterocycles. The van der Waals surface area contributed by atoms with Gasteiger partial charge in [0.05, 0.1) is 14.1 Å². The van der Waals surface area contributed by atoms with Crippen LogP contribution < -0.4 is 10.4 Å². The van der Waals surface area contributed by atoms with Crippen LogP contribution in [0, 0.1) is 5.21 Å². The van der Waals surface area contributed by atoms with Crippen LogP contribution >= 0.6 is 0 Å². The first-order valence-electron chi connectivity index (χ1n) is 3.86. The van der Waals surface area contributed by atoms with E-state index in [0.29, 0.717) is 11.3 Å². The van der Waals surface area contributed by atoms with Gasteiger partial charge in [0.2, 0.25) is 5.91 Å². The Morgan fingerprint density at radius 1 is 1.31 bits per heavy atom. The zero-order valence-corrected chi connectivity index (χ0v) is 7.65. The van der Waals surface area contributed by atoms with Crippen molar-refractivity contribution in [2.45, 2.75) is 0 Å². The first-order valence-corrected chi connectivity index (χ1v) is 3.86. The number of benzene rings is 1. The average Bonchev–Trinajstić information content (AvgIpc) is 2.03. The quantitative estimate of drug-likeness (QED) is 0.541. The van der Waals surface area contributed by atoms with Crippen LogP contribution in [-0.4, -0.2) is 20.0 Å². The van der Waals surface area contributed by atoms with Gasteiger partial charge in [0, 0.05) is 17.7 Å². The first-order chi connectivity index (χ1) is 5.91. The molecule has 0 aliphatic carbocycles. The van der Waals surface area contributed by atoms with E-state index in [0.717, 1.165) is 0 Å². The highest BCUT2D eigenvalue weighted by Crippen LogP contribution is 2.17. The lowest BCUT2D eigenvalue weighted by Crippen LogP contribution is -2.32. The van der Waals surface area contributed by atoms with Crippen LogP contribution in [0.15, 0.2) is 24.3 Å². The maximum absolute atomic E-state index is 11.4. The van der Waals surface area contributed by atoms with Gasteiger partial charge in [-0.05, 0) is 12.1 Å². The summed E-state index contributed by atoms with van der Waals surface area (Å²) in [7, 11) is 3.03. The van der Waals surface area contributed by atoms with E-state index >= 15 is 0 Å². The van der Waals surface area contributed by atoms with Crippen molar-refractivity contribution in [2.24, 2.45) is 5.73 Å². The summed E-state index contributed by atoms with van der Waals surface area (Å²) in [5.74, 6) is -0.484. The van der Waals surface area contributed by atoms with E-state index in [9.17, 15) is 10.0 Å². The molecule has 4 heteroatoms. The minimum Gasteiger partial charge on any atom is -0.628 e. The van der Waals surface area contributed by atoms with Crippen molar-refractivity contribution in [2.75, 3.05) is 14.1 Å². The lowest BCUT2D eigenvalue weighted by molar-refractivity contribution is 0.100. The summed E-state index contributed by atoms with van der Waals surface area (Å²) in [6.45, 7) is 0. The summed E-state index contributed by atoms with van der Waals surface area (Å²) >= 11 is 0. The Labute approximate surface area is 76.7 Å². The molecule has 1 rings (SSSR count). The summed E-state index contributed by atoms with van der Waals surface area (Å²) in [6.07, 6.45) is 0. The second-order valence-electron chi connectivity index (χ2n) is 3.26. The topological polar surface area (TPSA) is 66.2 Å². The Balaban J connectivity index is 3.01. The van der Waals surface area contributed by atoms with Gasteiger partial charge < -0.3 is 15.6 Å². The van der Waals surface area contributed by atoms with Gasteiger partial charge in [-0.15, -0.1) is 0 Å². The fraction of sp³-hybridized carbons (Fsp3) is 0.222. The monoisotopic (exact) mass is 180 g/mol. The van der Waals surface area contributed by atoms with Crippen LogP contribution in [0.3, 0.4) is 0 Å². The molecule has 0 spiro atoms. The number of quaternary nitrogens is 1. The Bertz CT molecular complexity index is 311. The standard InChI is InChI=1S/C9H12N2O2/c1-11(2,13)8-5-3-7(4-6-8)9(10)12/h3-6H,1-2H3,(H2,10,12). The van der Waals surface area contributed by atoms with Crippen molar-refractivity contribution in [3.8, 4) is 0 Å². The number of hydrogen-bond acceptors (Lipinski definition) is 2. The van der Waals surface area contributed by atoms with Crippen LogP contribution in [0.25, 0.3) is 0 Å². The van der Waals surface area contributed by atoms with Crippen molar-refractivity contribution >= 4 is 11.6 Å². The van der Waals surface area contributed by atoms with Gasteiger partial charge in [-0.3, -0.25) is 4.79 Å². The fourth-order valence-electron chi connectivity index (χ4n) is 0.985. The molecule has 0 aromatic heterocycles. The summed E-state index contributed by atoms with van der Waals surface area (Å²) in [6, 6.07) is 6.31. The van der Waals surface area contributed by atoms with Gasteiger partial charge in [-0.2, -0.15) is 0 Å². The normalized spacial score (nSPS) is 11.3. The highest BCUT2D eigenvalue weighted by Gasteiger charge is 2.07. The predicted molar refractivity (Wildman–Crippen MR) is 52.0 cm³/mol. The minimum absolute atomic E-state index is 0.414. The molecule has 1 aromatic carbocycles. The Kier molecular flexibility index (Phi) is 2.36. The molecule has 4 nitrogen and oxygen atoms in total. The molecule has 0 radical (unpaired) electrons. The zero-order chi connectivity index (χ0) is 10.1. The summed E-state index contributed by atoms with van der Waals surface area (Å²) in [5.41, 5.74) is 6.05. The third kappa shape index (κ3) is 2.27. The molecule has 0 heterocycles. The van der Waals surface area contributed by atoms with Gasteiger partial charge in [0.1, 0.15) is 5.69 Å². The molecule has 1 amide bonds. The van der Waals surface area contributed by atoms with Gasteiger partial charge in [-0.25, -0.2) is 0 Å². The van der Waals surface area contributed by atoms with Gasteiger partial charge in [0.25, 0.3) is 0 Å². The molecule has 0 fully saturated rings. The third-order valence-corrected chi connectivity index (χ3v) is 1.77. The summed E-state index contributed by atoms with van der Waals surface area (Å²) in [5, 5.41) is 11.4. The molecular weight excluding hydrogens is 168 g/mol. The molecule has 70 valence electrons. The smallest absolute Gasteiger partial charge is 0.248 e. The molecule has 13 heavy (non-hydrogen) atoms. The first kappa shape index (κ1) is 9.70. The lowest BCUT2D eigenvalue weighted by Gasteiger charge is -2.32. The highest BCUT2D eigenvalue weighted by atomic mass is 16.5. The van der Waals surface area contributed by atoms with Crippen molar-refractivity contribution in [3.63, 3.8) is 0 Å². The van der Waals surface area contributed by atoms with Crippen molar-refractivity contribution < 1.29 is 4.79 Å². The van der Waals surface area contributed by atoms with E-state index in [1.165, 1.54) is 14.1 Å². The van der Waals surface area contributed by atoms with E-state index < -0.39 is 10.6 Å². The van der Waals surface area contributed by atoms with Crippen LogP contribution in [0.1, 0.15) is 10.4 Å². The van der Waals surface area contributed by atoms with Crippen molar-refractivity contribution in [3.05, 3.63) is 35.0 Å². The molecule has 0 saturated carbocycles. The lowest BCUT2D eigenvalue weighted by atomic mass is 10.2. The number of nitrogens with two attached hydrogens (primary N) is 1. The molecule has 0 bridgehead atoms. The van der Waals surface area contributed by atoms with Crippen LogP contribution in [0.2, 0.25) is 0 Å². The average molecular weight is 180 g/mol. The Morgan fingerprint density at radius 3 is 2.08 bits per heavy atom. The van der Waals surface area contributed by atoms with Crippen molar-refractivity contribution in [1.82, 2.24) is 4.65 Å². The molecule has 0 aliphatic rings. The SMILES string of the molecule is C[N+](C)([O-])c1ccc(C(N)=O)cc1. The van der Waals surface area contributed by atoms with Gasteiger partial charge >= 0.3 is 0 Å². The molecule has 1 aromatic rings. The minimum atomic E-state index is -0.515. The van der Waals surface area contributed by atoms with Crippen molar-refractivity contribution in [1.29, 1.82) is 0 Å². The van der Waals surface area contributed by atoms with Gasteiger partial charge in [0.15, 0.2) is 0 Å². The predicted octanol–water partition coefficient (Wildman–Crippen LogP) is 0.850. The number of rotatable bonds is 2. The van der Waals surface area contributed by atoms with E-state index in [4.69, 9.17) is 5.73 Å². The number of carbonyl (C=O) groups excluding carboxylic acids is 1. The summed E-state index contributed by atoms with van der Waals surface area (Å²) < 4.78 is -0.515. The second-order valence-corrected chi connectivity index (χ2v) is 3.26. The highest BCUT2D eigenvalue weighted by molar-refractivity contribution is 5.93. The third-order valence-electron chi connectivity index (χ3n) is 1.77. The van der Waals surface area contributed by atoms with Crippen LogP contribution in [0.4, 0.5) is 5.69 Å². The van der Waals surface area contributed by atoms with E-state index in [2.05, 4.69) is 0 Å². The second kappa shape index (κ2) is 3.16. The van der Waals surface area contributed by atoms with E-state index in [-0.39, 0.29) is 0 Å². The summed E-state index contributed by atoms with van der Waals surface area (Å²) in [4.78, 5) is 10.7. The van der Waals surface area contributed by atoms with Crippen LogP contribution in [0.5, 0.6) is 0 Å². The maximum Gasteiger partial charge on any atom is 0.248 e. The molecule has 0 saturated heterocycles. The molecule has 0 atom stereocenters. The largest absolute Gasteiger partial charge is 0.628 e. The number of primary amides is 1. The number of hydrogen-bond donors (Lipinski definition) is 1. The number of amides is 1. The van der Waals surface area contributed by atoms with E-state index in [1.807, 2.05) is 0 Å². The fourth-order valence-corrected chi connectivity index (χ4v) is 0.985. The Morgan fingerprint density at radius 2 is 1.77 bits per heavy atom. The zero-order valence-electron chi connectivity index (χ0n) is 7.65. The van der Waals surface area contributed by atoms with Gasteiger partial charge in [-0.1, -0.05) is 0 Å². The number of carbonyl (C=O) groups is 1. The van der Waals surface area contributed by atoms with Crippen LogP contribution in [-0.2, 0) is 0 Å². The maximum atomic E-state index is 11.4. The molecular formula is C9H12N2O2. The molecule has 0 unspecified atom stereocenters. The number of nitrogens with zero attached hydrogens (tertiary/aromatic N) is 1. The Hall–Kier alpha value is -1.39. The van der Waals surface area contributed by atoms with E-state index in [1.54, 1.807) is 24.3 Å².